The third-order valence-electron chi connectivity index (χ3n) is 4.87. The molecule has 0 saturated carbocycles. The van der Waals surface area contributed by atoms with Gasteiger partial charge in [0.25, 0.3) is 0 Å². The second-order valence-corrected chi connectivity index (χ2v) is 5.89. The van der Waals surface area contributed by atoms with Crippen LogP contribution in [0.4, 0.5) is 0 Å². The van der Waals surface area contributed by atoms with Gasteiger partial charge in [0.05, 0.1) is 0 Å². The van der Waals surface area contributed by atoms with Crippen LogP contribution >= 0.6 is 0 Å². The smallest absolute Gasteiger partial charge is 0.0359 e. The third-order valence-corrected chi connectivity index (χ3v) is 4.87. The first-order chi connectivity index (χ1) is 9.34. The van der Waals surface area contributed by atoms with Gasteiger partial charge in [0, 0.05) is 6.04 Å². The molecule has 0 amide bonds. The predicted octanol–water partition coefficient (Wildman–Crippen LogP) is 4.22. The molecule has 0 radical (unpaired) electrons. The number of likely N-dealkylation sites (tertiary alicyclic amines) is 1. The van der Waals surface area contributed by atoms with E-state index in [2.05, 4.69) is 60.5 Å². The summed E-state index contributed by atoms with van der Waals surface area (Å²) < 4.78 is 0. The summed E-state index contributed by atoms with van der Waals surface area (Å²) >= 11 is 0. The summed E-state index contributed by atoms with van der Waals surface area (Å²) in [6.45, 7) is 1.23. The largest absolute Gasteiger partial charge is 0.299 e. The first-order valence-electron chi connectivity index (χ1n) is 7.23. The number of piperidine rings is 1. The van der Waals surface area contributed by atoms with Crippen LogP contribution in [0.25, 0.3) is 11.1 Å². The van der Waals surface area contributed by atoms with Crippen LogP contribution < -0.4 is 0 Å². The van der Waals surface area contributed by atoms with E-state index in [1.54, 1.807) is 11.1 Å². The molecule has 1 aliphatic carbocycles. The molecular weight excluding hydrogens is 230 g/mol. The molecule has 2 aromatic carbocycles. The minimum Gasteiger partial charge on any atom is -0.299 e. The number of hydrogen-bond acceptors (Lipinski definition) is 1. The fraction of sp³-hybridized carbons (Fsp3) is 0.333. The highest BCUT2D eigenvalue weighted by molar-refractivity contribution is 5.71. The van der Waals surface area contributed by atoms with Crippen molar-refractivity contribution in [1.29, 1.82) is 0 Å². The minimum atomic E-state index is 0.630. The van der Waals surface area contributed by atoms with Crippen LogP contribution in [0.5, 0.6) is 0 Å². The highest BCUT2D eigenvalue weighted by Crippen LogP contribution is 2.51. The molecule has 2 aromatic rings. The van der Waals surface area contributed by atoms with Crippen LogP contribution in [-0.4, -0.2) is 18.5 Å². The first-order valence-corrected chi connectivity index (χ1v) is 7.23. The predicted molar refractivity (Wildman–Crippen MR) is 79.2 cm³/mol. The Labute approximate surface area is 114 Å². The SMILES string of the molecule is CN1CC[C@@H]2C[C@@H]1c1c(-c3ccccc3)cccc12. The number of rotatable bonds is 1. The molecule has 1 heterocycles. The molecule has 1 fully saturated rings. The molecule has 96 valence electrons. The molecule has 0 aromatic heterocycles. The Bertz CT molecular complexity index is 602. The average molecular weight is 249 g/mol. The lowest BCUT2D eigenvalue weighted by Crippen LogP contribution is -2.28. The van der Waals surface area contributed by atoms with Gasteiger partial charge in [0.15, 0.2) is 0 Å². The lowest BCUT2D eigenvalue weighted by atomic mass is 9.94. The van der Waals surface area contributed by atoms with Crippen molar-refractivity contribution in [2.24, 2.45) is 0 Å². The quantitative estimate of drug-likeness (QED) is 0.731. The van der Waals surface area contributed by atoms with Gasteiger partial charge in [-0.1, -0.05) is 48.5 Å². The Balaban J connectivity index is 1.92. The van der Waals surface area contributed by atoms with Crippen molar-refractivity contribution in [3.05, 3.63) is 59.7 Å². The van der Waals surface area contributed by atoms with Crippen LogP contribution in [0.15, 0.2) is 48.5 Å². The van der Waals surface area contributed by atoms with E-state index in [1.165, 1.54) is 30.5 Å². The standard InChI is InChI=1S/C18H19N/c1-19-11-10-14-12-17(19)18-15(8-5-9-16(14)18)13-6-3-2-4-7-13/h2-9,14,17H,10-12H2,1H3/t14-,17-/m1/s1. The van der Waals surface area contributed by atoms with E-state index in [4.69, 9.17) is 0 Å². The molecule has 1 heteroatoms. The summed E-state index contributed by atoms with van der Waals surface area (Å²) in [6.07, 6.45) is 2.63. The summed E-state index contributed by atoms with van der Waals surface area (Å²) in [6, 6.07) is 18.4. The molecule has 1 saturated heterocycles. The maximum Gasteiger partial charge on any atom is 0.0359 e. The molecule has 19 heavy (non-hydrogen) atoms. The minimum absolute atomic E-state index is 0.630. The van der Waals surface area contributed by atoms with Gasteiger partial charge >= 0.3 is 0 Å². The van der Waals surface area contributed by atoms with E-state index in [-0.39, 0.29) is 0 Å². The first kappa shape index (κ1) is 11.2. The molecule has 1 aliphatic heterocycles. The van der Waals surface area contributed by atoms with Crippen molar-refractivity contribution >= 4 is 0 Å². The summed E-state index contributed by atoms with van der Waals surface area (Å²) in [5, 5.41) is 0. The van der Waals surface area contributed by atoms with E-state index in [0.717, 1.165) is 5.92 Å². The highest BCUT2D eigenvalue weighted by Gasteiger charge is 2.38. The van der Waals surface area contributed by atoms with Crippen molar-refractivity contribution in [2.45, 2.75) is 24.8 Å². The molecule has 0 spiro atoms. The van der Waals surface area contributed by atoms with Crippen molar-refractivity contribution in [3.8, 4) is 11.1 Å². The van der Waals surface area contributed by atoms with Gasteiger partial charge in [0.1, 0.15) is 0 Å². The molecule has 2 bridgehead atoms. The van der Waals surface area contributed by atoms with Gasteiger partial charge in [0.2, 0.25) is 0 Å². The zero-order chi connectivity index (χ0) is 12.8. The van der Waals surface area contributed by atoms with Crippen molar-refractivity contribution in [1.82, 2.24) is 4.90 Å². The summed E-state index contributed by atoms with van der Waals surface area (Å²) in [5.74, 6) is 0.792. The van der Waals surface area contributed by atoms with Crippen LogP contribution in [0.1, 0.15) is 35.9 Å². The number of hydrogen-bond donors (Lipinski definition) is 0. The lowest BCUT2D eigenvalue weighted by Gasteiger charge is -2.30. The molecule has 2 atom stereocenters. The van der Waals surface area contributed by atoms with Gasteiger partial charge < -0.3 is 0 Å². The second-order valence-electron chi connectivity index (χ2n) is 5.89. The second kappa shape index (κ2) is 4.21. The summed E-state index contributed by atoms with van der Waals surface area (Å²) in [4.78, 5) is 2.54. The normalized spacial score (nSPS) is 25.3. The Morgan fingerprint density at radius 1 is 1.00 bits per heavy atom. The van der Waals surface area contributed by atoms with Gasteiger partial charge in [-0.3, -0.25) is 4.90 Å². The maximum atomic E-state index is 2.54. The average Bonchev–Trinajstić information content (AvgIpc) is 2.79. The van der Waals surface area contributed by atoms with Crippen LogP contribution in [0.3, 0.4) is 0 Å². The number of nitrogens with zero attached hydrogens (tertiary/aromatic N) is 1. The topological polar surface area (TPSA) is 3.24 Å². The molecular formula is C18H19N. The maximum absolute atomic E-state index is 2.54. The monoisotopic (exact) mass is 249 g/mol. The Kier molecular flexibility index (Phi) is 2.49. The zero-order valence-electron chi connectivity index (χ0n) is 11.3. The number of fused-ring (bicyclic) bond motifs is 5. The van der Waals surface area contributed by atoms with E-state index in [0.29, 0.717) is 6.04 Å². The lowest BCUT2D eigenvalue weighted by molar-refractivity contribution is 0.192. The van der Waals surface area contributed by atoms with E-state index >= 15 is 0 Å². The van der Waals surface area contributed by atoms with E-state index in [9.17, 15) is 0 Å². The molecule has 1 nitrogen and oxygen atoms in total. The highest BCUT2D eigenvalue weighted by atomic mass is 15.1. The fourth-order valence-corrected chi connectivity index (χ4v) is 3.88. The van der Waals surface area contributed by atoms with Gasteiger partial charge in [-0.2, -0.15) is 0 Å². The molecule has 4 rings (SSSR count). The van der Waals surface area contributed by atoms with Gasteiger partial charge in [-0.25, -0.2) is 0 Å². The van der Waals surface area contributed by atoms with E-state index < -0.39 is 0 Å². The summed E-state index contributed by atoms with van der Waals surface area (Å²) in [5.41, 5.74) is 6.01. The van der Waals surface area contributed by atoms with Crippen LogP contribution in [-0.2, 0) is 0 Å². The van der Waals surface area contributed by atoms with Gasteiger partial charge in [-0.05, 0) is 54.6 Å². The van der Waals surface area contributed by atoms with Gasteiger partial charge in [-0.15, -0.1) is 0 Å². The Morgan fingerprint density at radius 3 is 2.68 bits per heavy atom. The van der Waals surface area contributed by atoms with Crippen LogP contribution in [0, 0.1) is 0 Å². The Morgan fingerprint density at radius 2 is 1.84 bits per heavy atom. The molecule has 0 unspecified atom stereocenters. The van der Waals surface area contributed by atoms with E-state index in [1.807, 2.05) is 0 Å². The summed E-state index contributed by atoms with van der Waals surface area (Å²) in [7, 11) is 2.28. The molecule has 0 N–H and O–H groups in total. The Hall–Kier alpha value is -1.60. The fourth-order valence-electron chi connectivity index (χ4n) is 3.88. The zero-order valence-corrected chi connectivity index (χ0v) is 11.3. The van der Waals surface area contributed by atoms with Crippen molar-refractivity contribution < 1.29 is 0 Å². The number of benzene rings is 2. The third kappa shape index (κ3) is 1.65. The van der Waals surface area contributed by atoms with Crippen molar-refractivity contribution in [3.63, 3.8) is 0 Å². The van der Waals surface area contributed by atoms with Crippen molar-refractivity contribution in [2.75, 3.05) is 13.6 Å². The molecule has 2 aliphatic rings. The van der Waals surface area contributed by atoms with Crippen LogP contribution in [0.2, 0.25) is 0 Å².